The number of hydrogen-bond donors (Lipinski definition) is 3. The second kappa shape index (κ2) is 13.9. The highest BCUT2D eigenvalue weighted by Crippen LogP contribution is 2.25. The molecule has 0 spiro atoms. The number of nitrogens with one attached hydrogen (secondary N) is 3. The molecule has 8 nitrogen and oxygen atoms in total. The topological polar surface area (TPSA) is 114 Å². The molecule has 2 atom stereocenters. The van der Waals surface area contributed by atoms with Crippen molar-refractivity contribution in [3.8, 4) is 11.1 Å². The van der Waals surface area contributed by atoms with E-state index >= 15 is 0 Å². The van der Waals surface area contributed by atoms with E-state index in [0.717, 1.165) is 16.7 Å². The Hall–Kier alpha value is -4.72. The lowest BCUT2D eigenvalue weighted by atomic mass is 9.97. The van der Waals surface area contributed by atoms with Gasteiger partial charge in [-0.15, -0.1) is 0 Å². The van der Waals surface area contributed by atoms with Crippen LogP contribution in [0.25, 0.3) is 11.1 Å². The molecule has 1 aliphatic rings. The SMILES string of the molecule is CCOC(=O)/C=C/[C@H](CC1CCNC1=O)NC(=O)c1ccccc1NC(=O)Cc1ccccc1-c1ccccc1. The van der Waals surface area contributed by atoms with Crippen LogP contribution in [0.1, 0.15) is 35.7 Å². The zero-order chi connectivity index (χ0) is 28.3. The lowest BCUT2D eigenvalue weighted by molar-refractivity contribution is -0.137. The minimum atomic E-state index is -0.590. The molecule has 40 heavy (non-hydrogen) atoms. The molecular weight excluding hydrogens is 506 g/mol. The van der Waals surface area contributed by atoms with E-state index in [1.54, 1.807) is 37.3 Å². The smallest absolute Gasteiger partial charge is 0.330 e. The lowest BCUT2D eigenvalue weighted by Crippen LogP contribution is -2.37. The van der Waals surface area contributed by atoms with Crippen LogP contribution in [0.15, 0.2) is 91.0 Å². The summed E-state index contributed by atoms with van der Waals surface area (Å²) in [5.74, 6) is -1.58. The van der Waals surface area contributed by atoms with Crippen molar-refractivity contribution in [2.45, 2.75) is 32.2 Å². The van der Waals surface area contributed by atoms with Crippen molar-refractivity contribution < 1.29 is 23.9 Å². The molecule has 0 saturated carbocycles. The van der Waals surface area contributed by atoms with Gasteiger partial charge in [-0.3, -0.25) is 14.4 Å². The van der Waals surface area contributed by atoms with Crippen molar-refractivity contribution >= 4 is 29.4 Å². The number of esters is 1. The average molecular weight is 540 g/mol. The highest BCUT2D eigenvalue weighted by molar-refractivity contribution is 6.04. The van der Waals surface area contributed by atoms with Crippen LogP contribution in [0.3, 0.4) is 0 Å². The zero-order valence-corrected chi connectivity index (χ0v) is 22.4. The minimum Gasteiger partial charge on any atom is -0.463 e. The summed E-state index contributed by atoms with van der Waals surface area (Å²) >= 11 is 0. The average Bonchev–Trinajstić information content (AvgIpc) is 3.36. The molecule has 1 saturated heterocycles. The Kier molecular flexibility index (Phi) is 9.83. The van der Waals surface area contributed by atoms with Crippen molar-refractivity contribution in [1.29, 1.82) is 0 Å². The third-order valence-corrected chi connectivity index (χ3v) is 6.67. The number of hydrogen-bond acceptors (Lipinski definition) is 5. The van der Waals surface area contributed by atoms with E-state index in [-0.39, 0.29) is 36.3 Å². The second-order valence-corrected chi connectivity index (χ2v) is 9.50. The lowest BCUT2D eigenvalue weighted by Gasteiger charge is -2.19. The van der Waals surface area contributed by atoms with Gasteiger partial charge >= 0.3 is 5.97 Å². The summed E-state index contributed by atoms with van der Waals surface area (Å²) in [7, 11) is 0. The predicted molar refractivity (Wildman–Crippen MR) is 153 cm³/mol. The van der Waals surface area contributed by atoms with Gasteiger partial charge in [0.1, 0.15) is 0 Å². The first-order chi connectivity index (χ1) is 19.4. The van der Waals surface area contributed by atoms with Crippen LogP contribution < -0.4 is 16.0 Å². The zero-order valence-electron chi connectivity index (χ0n) is 22.4. The first-order valence-electron chi connectivity index (χ1n) is 13.4. The maximum atomic E-state index is 13.4. The molecule has 0 aliphatic carbocycles. The quantitative estimate of drug-likeness (QED) is 0.249. The molecule has 3 aromatic rings. The van der Waals surface area contributed by atoms with Gasteiger partial charge < -0.3 is 20.7 Å². The third-order valence-electron chi connectivity index (χ3n) is 6.67. The standard InChI is InChI=1S/C32H33N3O5/c1-2-40-30(37)17-16-25(20-24-18-19-33-31(24)38)34-32(39)27-14-8-9-15-28(27)35-29(36)21-23-12-6-7-13-26(23)22-10-4-3-5-11-22/h3-17,24-25H,2,18-21H2,1H3,(H,33,38)(H,34,39)(H,35,36)/b17-16+/t24?,25-/m1/s1. The molecule has 0 bridgehead atoms. The molecule has 0 radical (unpaired) electrons. The number of benzene rings is 3. The maximum absolute atomic E-state index is 13.4. The molecule has 206 valence electrons. The summed E-state index contributed by atoms with van der Waals surface area (Å²) < 4.78 is 4.96. The Morgan fingerprint density at radius 1 is 1.00 bits per heavy atom. The summed E-state index contributed by atoms with van der Waals surface area (Å²) in [5.41, 5.74) is 3.50. The van der Waals surface area contributed by atoms with Crippen LogP contribution in [0, 0.1) is 5.92 Å². The van der Waals surface area contributed by atoms with E-state index in [4.69, 9.17) is 4.74 Å². The van der Waals surface area contributed by atoms with E-state index in [9.17, 15) is 19.2 Å². The predicted octanol–water partition coefficient (Wildman–Crippen LogP) is 4.28. The van der Waals surface area contributed by atoms with Gasteiger partial charge in [0, 0.05) is 24.6 Å². The first kappa shape index (κ1) is 28.3. The van der Waals surface area contributed by atoms with Crippen LogP contribution in [0.4, 0.5) is 5.69 Å². The highest BCUT2D eigenvalue weighted by atomic mass is 16.5. The van der Waals surface area contributed by atoms with Gasteiger partial charge in [0.2, 0.25) is 11.8 Å². The monoisotopic (exact) mass is 539 g/mol. The minimum absolute atomic E-state index is 0.0766. The largest absolute Gasteiger partial charge is 0.463 e. The fourth-order valence-electron chi connectivity index (χ4n) is 4.72. The Labute approximate surface area is 233 Å². The van der Waals surface area contributed by atoms with E-state index < -0.39 is 17.9 Å². The normalized spacial score (nSPS) is 15.3. The Morgan fingerprint density at radius 2 is 1.73 bits per heavy atom. The molecule has 3 amide bonds. The number of rotatable bonds is 11. The van der Waals surface area contributed by atoms with E-state index in [1.165, 1.54) is 6.08 Å². The molecule has 0 aromatic heterocycles. The molecular formula is C32H33N3O5. The molecule has 1 heterocycles. The van der Waals surface area contributed by atoms with Crippen LogP contribution in [-0.2, 0) is 25.5 Å². The van der Waals surface area contributed by atoms with Gasteiger partial charge in [-0.25, -0.2) is 4.79 Å². The first-order valence-corrected chi connectivity index (χ1v) is 13.4. The fraction of sp³-hybridized carbons (Fsp3) is 0.250. The molecule has 1 aliphatic heterocycles. The van der Waals surface area contributed by atoms with E-state index in [0.29, 0.717) is 25.1 Å². The number of amides is 3. The molecule has 4 rings (SSSR count). The Bertz CT molecular complexity index is 1390. The fourth-order valence-corrected chi connectivity index (χ4v) is 4.72. The van der Waals surface area contributed by atoms with E-state index in [2.05, 4.69) is 16.0 Å². The molecule has 3 aromatic carbocycles. The van der Waals surface area contributed by atoms with Gasteiger partial charge in [-0.05, 0) is 48.6 Å². The van der Waals surface area contributed by atoms with Gasteiger partial charge in [-0.1, -0.05) is 72.8 Å². The Balaban J connectivity index is 1.48. The van der Waals surface area contributed by atoms with Crippen molar-refractivity contribution in [2.24, 2.45) is 5.92 Å². The van der Waals surface area contributed by atoms with Crippen molar-refractivity contribution in [2.75, 3.05) is 18.5 Å². The third kappa shape index (κ3) is 7.66. The molecule has 3 N–H and O–H groups in total. The van der Waals surface area contributed by atoms with Gasteiger partial charge in [-0.2, -0.15) is 0 Å². The van der Waals surface area contributed by atoms with Gasteiger partial charge in [0.15, 0.2) is 0 Å². The summed E-state index contributed by atoms with van der Waals surface area (Å²) in [5, 5.41) is 8.59. The van der Waals surface area contributed by atoms with Crippen molar-refractivity contribution in [1.82, 2.24) is 10.6 Å². The number of para-hydroxylation sites is 1. The molecule has 8 heteroatoms. The summed E-state index contributed by atoms with van der Waals surface area (Å²) in [6, 6.07) is 23.7. The Morgan fingerprint density at radius 3 is 2.48 bits per heavy atom. The van der Waals surface area contributed by atoms with Crippen molar-refractivity contribution in [3.63, 3.8) is 0 Å². The molecule has 1 unspecified atom stereocenters. The van der Waals surface area contributed by atoms with Crippen molar-refractivity contribution in [3.05, 3.63) is 102 Å². The van der Waals surface area contributed by atoms with Crippen LogP contribution in [0.5, 0.6) is 0 Å². The molecule has 1 fully saturated rings. The van der Waals surface area contributed by atoms with Crippen LogP contribution in [0.2, 0.25) is 0 Å². The van der Waals surface area contributed by atoms with E-state index in [1.807, 2.05) is 54.6 Å². The summed E-state index contributed by atoms with van der Waals surface area (Å²) in [6.07, 6.45) is 3.92. The summed E-state index contributed by atoms with van der Waals surface area (Å²) in [6.45, 7) is 2.52. The van der Waals surface area contributed by atoms with Crippen LogP contribution >= 0.6 is 0 Å². The number of carbonyl (C=O) groups is 4. The highest BCUT2D eigenvalue weighted by Gasteiger charge is 2.28. The number of carbonyl (C=O) groups excluding carboxylic acids is 4. The van der Waals surface area contributed by atoms with Gasteiger partial charge in [0.05, 0.1) is 24.3 Å². The van der Waals surface area contributed by atoms with Gasteiger partial charge in [0.25, 0.3) is 5.91 Å². The number of ether oxygens (including phenoxy) is 1. The maximum Gasteiger partial charge on any atom is 0.330 e. The number of anilines is 1. The second-order valence-electron chi connectivity index (χ2n) is 9.50. The summed E-state index contributed by atoms with van der Waals surface area (Å²) in [4.78, 5) is 50.5. The van der Waals surface area contributed by atoms with Crippen LogP contribution in [-0.4, -0.2) is 42.9 Å².